The number of epoxide rings is 1. The number of rotatable bonds is 9. The standard InChI is InChI=1S/C34H30N2O3/c1-38-31-20-12-24(13-21-31)23-36(30-10-6-3-7-11-30)34(37)27-16-19-29(22-27)35-28-17-14-26(15-18-28)33-32(39-33)25-8-4-2-5-9-25/h2-21,32-33,35H,22-23H2,1H3. The van der Waals surface area contributed by atoms with Crippen LogP contribution in [0.2, 0.25) is 0 Å². The highest BCUT2D eigenvalue weighted by Gasteiger charge is 2.41. The number of nitrogens with zero attached hydrogens (tertiary/aromatic N) is 1. The van der Waals surface area contributed by atoms with Crippen LogP contribution in [0, 0.1) is 0 Å². The number of allylic oxidation sites excluding steroid dienone is 3. The van der Waals surface area contributed by atoms with Crippen molar-refractivity contribution < 1.29 is 14.3 Å². The van der Waals surface area contributed by atoms with Crippen LogP contribution in [0.15, 0.2) is 133 Å². The quantitative estimate of drug-likeness (QED) is 0.237. The molecule has 194 valence electrons. The van der Waals surface area contributed by atoms with Crippen molar-refractivity contribution in [3.8, 4) is 5.75 Å². The van der Waals surface area contributed by atoms with E-state index in [-0.39, 0.29) is 18.1 Å². The first-order valence-electron chi connectivity index (χ1n) is 13.1. The van der Waals surface area contributed by atoms with E-state index in [2.05, 4.69) is 41.7 Å². The molecule has 4 aromatic carbocycles. The third kappa shape index (κ3) is 5.64. The Kier molecular flexibility index (Phi) is 6.98. The van der Waals surface area contributed by atoms with E-state index in [1.54, 1.807) is 7.11 Å². The molecule has 4 aromatic rings. The number of hydrogen-bond acceptors (Lipinski definition) is 4. The molecule has 2 aliphatic rings. The largest absolute Gasteiger partial charge is 0.497 e. The molecule has 0 spiro atoms. The molecule has 0 radical (unpaired) electrons. The van der Waals surface area contributed by atoms with Gasteiger partial charge in [-0.15, -0.1) is 0 Å². The van der Waals surface area contributed by atoms with Gasteiger partial charge >= 0.3 is 0 Å². The summed E-state index contributed by atoms with van der Waals surface area (Å²) in [4.78, 5) is 15.5. The molecule has 2 atom stereocenters. The molecule has 1 aliphatic carbocycles. The van der Waals surface area contributed by atoms with Crippen molar-refractivity contribution in [3.63, 3.8) is 0 Å². The second-order valence-electron chi connectivity index (χ2n) is 9.77. The molecule has 1 saturated heterocycles. The second-order valence-corrected chi connectivity index (χ2v) is 9.77. The highest BCUT2D eigenvalue weighted by Crippen LogP contribution is 2.50. The summed E-state index contributed by atoms with van der Waals surface area (Å²) >= 11 is 0. The van der Waals surface area contributed by atoms with Crippen molar-refractivity contribution in [1.29, 1.82) is 0 Å². The topological polar surface area (TPSA) is 54.1 Å². The Bertz CT molecular complexity index is 1490. The lowest BCUT2D eigenvalue weighted by Crippen LogP contribution is -2.31. The maximum absolute atomic E-state index is 13.7. The van der Waals surface area contributed by atoms with Crippen LogP contribution < -0.4 is 15.0 Å². The average Bonchev–Trinajstić information content (AvgIpc) is 3.67. The van der Waals surface area contributed by atoms with Crippen LogP contribution in [0.3, 0.4) is 0 Å². The van der Waals surface area contributed by atoms with E-state index in [9.17, 15) is 4.79 Å². The summed E-state index contributed by atoms with van der Waals surface area (Å²) < 4.78 is 11.2. The molecular weight excluding hydrogens is 484 g/mol. The Hall–Kier alpha value is -4.61. The number of para-hydroxylation sites is 1. The summed E-state index contributed by atoms with van der Waals surface area (Å²) in [6.45, 7) is 0.474. The molecule has 1 heterocycles. The lowest BCUT2D eigenvalue weighted by atomic mass is 10.0. The minimum Gasteiger partial charge on any atom is -0.497 e. The maximum Gasteiger partial charge on any atom is 0.254 e. The fourth-order valence-corrected chi connectivity index (χ4v) is 4.94. The maximum atomic E-state index is 13.7. The van der Waals surface area contributed by atoms with Gasteiger partial charge in [-0.3, -0.25) is 4.79 Å². The molecule has 5 nitrogen and oxygen atoms in total. The predicted octanol–water partition coefficient (Wildman–Crippen LogP) is 7.37. The van der Waals surface area contributed by atoms with Crippen LogP contribution in [0.25, 0.3) is 0 Å². The van der Waals surface area contributed by atoms with E-state index < -0.39 is 0 Å². The fourth-order valence-electron chi connectivity index (χ4n) is 4.94. The molecule has 0 bridgehead atoms. The lowest BCUT2D eigenvalue weighted by molar-refractivity contribution is -0.115. The molecule has 6 rings (SSSR count). The van der Waals surface area contributed by atoms with Crippen LogP contribution in [0.4, 0.5) is 11.4 Å². The SMILES string of the molecule is COc1ccc(CN(C(=O)C2=CC=C(Nc3ccc(C4OC4c4ccccc4)cc3)C2)c2ccccc2)cc1. The second kappa shape index (κ2) is 11.0. The number of hydrogen-bond donors (Lipinski definition) is 1. The number of nitrogens with one attached hydrogen (secondary N) is 1. The smallest absolute Gasteiger partial charge is 0.254 e. The third-order valence-corrected chi connectivity index (χ3v) is 7.12. The van der Waals surface area contributed by atoms with Crippen molar-refractivity contribution in [2.24, 2.45) is 0 Å². The van der Waals surface area contributed by atoms with Crippen LogP contribution in [0.1, 0.15) is 35.3 Å². The normalized spacial score (nSPS) is 17.7. The van der Waals surface area contributed by atoms with Crippen LogP contribution in [-0.2, 0) is 16.1 Å². The Morgan fingerprint density at radius 3 is 2.13 bits per heavy atom. The van der Waals surface area contributed by atoms with Crippen LogP contribution in [0.5, 0.6) is 5.75 Å². The van der Waals surface area contributed by atoms with Crippen LogP contribution in [-0.4, -0.2) is 13.0 Å². The van der Waals surface area contributed by atoms with Crippen molar-refractivity contribution >= 4 is 17.3 Å². The third-order valence-electron chi connectivity index (χ3n) is 7.12. The summed E-state index contributed by atoms with van der Waals surface area (Å²) in [5.41, 5.74) is 7.01. The van der Waals surface area contributed by atoms with Gasteiger partial charge in [-0.05, 0) is 59.2 Å². The Labute approximate surface area is 229 Å². The molecule has 5 heteroatoms. The zero-order valence-corrected chi connectivity index (χ0v) is 21.8. The predicted molar refractivity (Wildman–Crippen MR) is 154 cm³/mol. The van der Waals surface area contributed by atoms with Crippen molar-refractivity contribution in [3.05, 3.63) is 149 Å². The van der Waals surface area contributed by atoms with Gasteiger partial charge in [0.25, 0.3) is 5.91 Å². The molecule has 1 N–H and O–H groups in total. The van der Waals surface area contributed by atoms with E-state index in [1.807, 2.05) is 89.8 Å². The minimum atomic E-state index is -0.00162. The van der Waals surface area contributed by atoms with Crippen LogP contribution >= 0.6 is 0 Å². The fraction of sp³-hybridized carbons (Fsp3) is 0.147. The summed E-state index contributed by atoms with van der Waals surface area (Å²) in [5, 5.41) is 3.48. The highest BCUT2D eigenvalue weighted by molar-refractivity contribution is 6.06. The number of anilines is 2. The van der Waals surface area contributed by atoms with Gasteiger partial charge < -0.3 is 19.7 Å². The summed E-state index contributed by atoms with van der Waals surface area (Å²) in [5.74, 6) is 0.793. The van der Waals surface area contributed by atoms with Crippen molar-refractivity contribution in [1.82, 2.24) is 0 Å². The summed E-state index contributed by atoms with van der Waals surface area (Å²) in [7, 11) is 1.65. The van der Waals surface area contributed by atoms with Gasteiger partial charge in [0.05, 0.1) is 13.7 Å². The average molecular weight is 515 g/mol. The number of benzene rings is 4. The van der Waals surface area contributed by atoms with E-state index in [4.69, 9.17) is 9.47 Å². The van der Waals surface area contributed by atoms with Gasteiger partial charge in [-0.25, -0.2) is 0 Å². The number of carbonyl (C=O) groups excluding carboxylic acids is 1. The molecule has 0 aromatic heterocycles. The number of methoxy groups -OCH3 is 1. The van der Waals surface area contributed by atoms with Crippen molar-refractivity contribution in [2.45, 2.75) is 25.2 Å². The lowest BCUT2D eigenvalue weighted by Gasteiger charge is -2.24. The highest BCUT2D eigenvalue weighted by atomic mass is 16.6. The molecule has 2 unspecified atom stereocenters. The summed E-state index contributed by atoms with van der Waals surface area (Å²) in [6, 6.07) is 36.3. The zero-order chi connectivity index (χ0) is 26.6. The molecule has 1 amide bonds. The van der Waals surface area contributed by atoms with Crippen molar-refractivity contribution in [2.75, 3.05) is 17.3 Å². The van der Waals surface area contributed by atoms with Gasteiger partial charge in [0.2, 0.25) is 0 Å². The number of carbonyl (C=O) groups is 1. The van der Waals surface area contributed by atoms with E-state index in [1.165, 1.54) is 11.1 Å². The molecule has 39 heavy (non-hydrogen) atoms. The van der Waals surface area contributed by atoms with Gasteiger partial charge in [0.15, 0.2) is 0 Å². The Balaban J connectivity index is 1.09. The molecule has 0 saturated carbocycles. The first-order valence-corrected chi connectivity index (χ1v) is 13.1. The summed E-state index contributed by atoms with van der Waals surface area (Å²) in [6.07, 6.45) is 4.70. The van der Waals surface area contributed by atoms with E-state index in [0.29, 0.717) is 13.0 Å². The minimum absolute atomic E-state index is 0.00162. The molecular formula is C34H30N2O3. The molecule has 1 aliphatic heterocycles. The monoisotopic (exact) mass is 514 g/mol. The molecule has 1 fully saturated rings. The first-order chi connectivity index (χ1) is 19.2. The van der Waals surface area contributed by atoms with E-state index in [0.717, 1.165) is 34.0 Å². The Morgan fingerprint density at radius 1 is 0.821 bits per heavy atom. The van der Waals surface area contributed by atoms with Gasteiger partial charge in [0, 0.05) is 29.1 Å². The Morgan fingerprint density at radius 2 is 1.46 bits per heavy atom. The van der Waals surface area contributed by atoms with Gasteiger partial charge in [-0.1, -0.05) is 78.9 Å². The number of amides is 1. The van der Waals surface area contributed by atoms with Gasteiger partial charge in [-0.2, -0.15) is 0 Å². The van der Waals surface area contributed by atoms with Gasteiger partial charge in [0.1, 0.15) is 18.0 Å². The van der Waals surface area contributed by atoms with E-state index >= 15 is 0 Å². The number of ether oxygens (including phenoxy) is 2. The zero-order valence-electron chi connectivity index (χ0n) is 21.8. The first kappa shape index (κ1) is 24.7.